The molecule has 33 heavy (non-hydrogen) atoms. The molecule has 0 N–H and O–H groups in total. The van der Waals surface area contributed by atoms with Gasteiger partial charge in [-0.1, -0.05) is 6.92 Å². The van der Waals surface area contributed by atoms with Crippen LogP contribution in [-0.2, 0) is 16.1 Å². The van der Waals surface area contributed by atoms with Gasteiger partial charge in [0.25, 0.3) is 0 Å². The first-order valence-corrected chi connectivity index (χ1v) is 10.8. The number of aromatic nitrogens is 4. The number of rotatable bonds is 6. The normalized spacial score (nSPS) is 18.0. The van der Waals surface area contributed by atoms with Gasteiger partial charge in [0.15, 0.2) is 17.4 Å². The molecule has 0 aliphatic carbocycles. The first-order valence-electron chi connectivity index (χ1n) is 10.8. The van der Waals surface area contributed by atoms with Crippen LogP contribution in [0.1, 0.15) is 53.9 Å². The number of aldehydes is 1. The number of fused-ring (bicyclic) bond motifs is 1. The molecule has 4 rings (SSSR count). The second-order valence-corrected chi connectivity index (χ2v) is 8.69. The first kappa shape index (κ1) is 22.4. The summed E-state index contributed by atoms with van der Waals surface area (Å²) >= 11 is 0. The van der Waals surface area contributed by atoms with Crippen LogP contribution < -0.4 is 0 Å². The minimum absolute atomic E-state index is 0.0581. The van der Waals surface area contributed by atoms with E-state index in [1.54, 1.807) is 22.0 Å². The van der Waals surface area contributed by atoms with Crippen LogP contribution in [-0.4, -0.2) is 61.0 Å². The third-order valence-electron chi connectivity index (χ3n) is 5.98. The molecule has 1 aromatic carbocycles. The van der Waals surface area contributed by atoms with E-state index >= 15 is 0 Å². The Balaban J connectivity index is 1.75. The van der Waals surface area contributed by atoms with Crippen molar-refractivity contribution in [1.29, 1.82) is 0 Å². The quantitative estimate of drug-likeness (QED) is 0.421. The SMILES string of the molecule is CC(=O)c1ncc(-c2cc(C)c3c(c2)c(C(C)=O)nn3CC(=O)N2CC(C)CC2C=O)cn1. The number of benzene rings is 1. The van der Waals surface area contributed by atoms with E-state index in [-0.39, 0.29) is 41.5 Å². The number of aryl methyl sites for hydroxylation is 1. The molecule has 0 spiro atoms. The summed E-state index contributed by atoms with van der Waals surface area (Å²) in [6, 6.07) is 3.31. The van der Waals surface area contributed by atoms with E-state index in [0.717, 1.165) is 17.4 Å². The maximum atomic E-state index is 13.0. The average molecular weight is 447 g/mol. The number of ketones is 2. The van der Waals surface area contributed by atoms with E-state index in [1.807, 2.05) is 26.0 Å². The third-order valence-corrected chi connectivity index (χ3v) is 5.98. The molecule has 0 saturated carbocycles. The lowest BCUT2D eigenvalue weighted by Crippen LogP contribution is -2.39. The summed E-state index contributed by atoms with van der Waals surface area (Å²) in [5.41, 5.74) is 3.26. The number of hydrogen-bond acceptors (Lipinski definition) is 7. The summed E-state index contributed by atoms with van der Waals surface area (Å²) in [5.74, 6) is -0.245. The number of hydrogen-bond donors (Lipinski definition) is 0. The Kier molecular flexibility index (Phi) is 5.88. The Bertz CT molecular complexity index is 1280. The van der Waals surface area contributed by atoms with E-state index in [1.165, 1.54) is 13.8 Å². The molecule has 2 atom stereocenters. The summed E-state index contributed by atoms with van der Waals surface area (Å²) in [6.45, 7) is 7.21. The lowest BCUT2D eigenvalue weighted by Gasteiger charge is -2.20. The molecule has 1 saturated heterocycles. The fourth-order valence-electron chi connectivity index (χ4n) is 4.45. The van der Waals surface area contributed by atoms with E-state index in [4.69, 9.17) is 0 Å². The van der Waals surface area contributed by atoms with Gasteiger partial charge >= 0.3 is 0 Å². The largest absolute Gasteiger partial charge is 0.331 e. The van der Waals surface area contributed by atoms with Gasteiger partial charge in [0.2, 0.25) is 5.91 Å². The van der Waals surface area contributed by atoms with Gasteiger partial charge in [-0.25, -0.2) is 9.97 Å². The fraction of sp³-hybridized carbons (Fsp3) is 0.375. The Labute approximate surface area is 190 Å². The smallest absolute Gasteiger partial charge is 0.244 e. The minimum atomic E-state index is -0.424. The number of likely N-dealkylation sites (tertiary alicyclic amines) is 1. The first-order chi connectivity index (χ1) is 15.7. The summed E-state index contributed by atoms with van der Waals surface area (Å²) in [6.07, 6.45) is 4.61. The maximum absolute atomic E-state index is 13.0. The van der Waals surface area contributed by atoms with Gasteiger partial charge in [0, 0.05) is 43.7 Å². The molecular formula is C24H25N5O4. The topological polar surface area (TPSA) is 115 Å². The Morgan fingerprint density at radius 1 is 1.09 bits per heavy atom. The Hall–Kier alpha value is -3.75. The highest BCUT2D eigenvalue weighted by Gasteiger charge is 2.33. The molecule has 2 unspecified atom stereocenters. The maximum Gasteiger partial charge on any atom is 0.244 e. The van der Waals surface area contributed by atoms with Crippen molar-refractivity contribution >= 4 is 34.7 Å². The van der Waals surface area contributed by atoms with E-state index in [2.05, 4.69) is 15.1 Å². The standard InChI is InChI=1S/C24H25N5O4/c1-13-5-19(12-30)28(10-13)21(33)11-29-23-14(2)6-17(7-20(23)22(27-29)15(3)31)18-8-25-24(16(4)32)26-9-18/h6-9,12-13,19H,5,10-11H2,1-4H3. The third kappa shape index (κ3) is 4.18. The molecule has 1 fully saturated rings. The number of amides is 1. The van der Waals surface area contributed by atoms with Crippen molar-refractivity contribution in [3.05, 3.63) is 41.6 Å². The van der Waals surface area contributed by atoms with Crippen LogP contribution >= 0.6 is 0 Å². The molecule has 3 heterocycles. The van der Waals surface area contributed by atoms with Crippen molar-refractivity contribution in [2.75, 3.05) is 6.54 Å². The lowest BCUT2D eigenvalue weighted by atomic mass is 10.0. The summed E-state index contributed by atoms with van der Waals surface area (Å²) in [7, 11) is 0. The Morgan fingerprint density at radius 3 is 2.39 bits per heavy atom. The average Bonchev–Trinajstić information content (AvgIpc) is 3.34. The van der Waals surface area contributed by atoms with Crippen LogP contribution in [0.5, 0.6) is 0 Å². The molecule has 1 aliphatic heterocycles. The second-order valence-electron chi connectivity index (χ2n) is 8.69. The summed E-state index contributed by atoms with van der Waals surface area (Å²) in [4.78, 5) is 58.1. The molecule has 170 valence electrons. The van der Waals surface area contributed by atoms with Crippen LogP contribution in [0.2, 0.25) is 0 Å². The van der Waals surface area contributed by atoms with Crippen LogP contribution in [0.15, 0.2) is 24.5 Å². The van der Waals surface area contributed by atoms with Crippen molar-refractivity contribution in [2.45, 2.75) is 46.7 Å². The van der Waals surface area contributed by atoms with Crippen molar-refractivity contribution in [3.63, 3.8) is 0 Å². The van der Waals surface area contributed by atoms with Gasteiger partial charge in [0.1, 0.15) is 18.5 Å². The fourth-order valence-corrected chi connectivity index (χ4v) is 4.45. The predicted molar refractivity (Wildman–Crippen MR) is 121 cm³/mol. The highest BCUT2D eigenvalue weighted by molar-refractivity contribution is 6.07. The van der Waals surface area contributed by atoms with Crippen LogP contribution in [0.25, 0.3) is 22.0 Å². The highest BCUT2D eigenvalue weighted by atomic mass is 16.2. The molecule has 9 heteroatoms. The predicted octanol–water partition coefficient (Wildman–Crippen LogP) is 2.64. The molecule has 2 aromatic heterocycles. The van der Waals surface area contributed by atoms with Gasteiger partial charge in [-0.05, 0) is 42.5 Å². The number of nitrogens with zero attached hydrogens (tertiary/aromatic N) is 5. The lowest BCUT2D eigenvalue weighted by molar-refractivity contribution is -0.135. The van der Waals surface area contributed by atoms with Crippen molar-refractivity contribution in [3.8, 4) is 11.1 Å². The van der Waals surface area contributed by atoms with Crippen LogP contribution in [0, 0.1) is 12.8 Å². The number of Topliss-reactive ketones (excluding diaryl/α,β-unsaturated/α-hetero) is 2. The van der Waals surface area contributed by atoms with Crippen molar-refractivity contribution in [1.82, 2.24) is 24.6 Å². The molecule has 0 radical (unpaired) electrons. The van der Waals surface area contributed by atoms with E-state index in [9.17, 15) is 19.2 Å². The van der Waals surface area contributed by atoms with Gasteiger partial charge in [0.05, 0.1) is 11.6 Å². The molecular weight excluding hydrogens is 422 g/mol. The zero-order valence-electron chi connectivity index (χ0n) is 19.0. The second kappa shape index (κ2) is 8.65. The zero-order chi connectivity index (χ0) is 23.9. The number of carbonyl (C=O) groups excluding carboxylic acids is 4. The van der Waals surface area contributed by atoms with Gasteiger partial charge in [-0.3, -0.25) is 19.1 Å². The van der Waals surface area contributed by atoms with E-state index < -0.39 is 6.04 Å². The summed E-state index contributed by atoms with van der Waals surface area (Å²) in [5, 5.41) is 5.09. The van der Waals surface area contributed by atoms with Crippen LogP contribution in [0.3, 0.4) is 0 Å². The van der Waals surface area contributed by atoms with Crippen molar-refractivity contribution in [2.24, 2.45) is 5.92 Å². The monoisotopic (exact) mass is 447 g/mol. The van der Waals surface area contributed by atoms with Crippen LogP contribution in [0.4, 0.5) is 0 Å². The molecule has 9 nitrogen and oxygen atoms in total. The number of carbonyl (C=O) groups is 4. The summed E-state index contributed by atoms with van der Waals surface area (Å²) < 4.78 is 1.55. The Morgan fingerprint density at radius 2 is 1.79 bits per heavy atom. The molecule has 1 aliphatic rings. The minimum Gasteiger partial charge on any atom is -0.331 e. The molecule has 1 amide bonds. The molecule has 3 aromatic rings. The van der Waals surface area contributed by atoms with E-state index in [0.29, 0.717) is 29.4 Å². The van der Waals surface area contributed by atoms with Gasteiger partial charge in [-0.15, -0.1) is 0 Å². The molecule has 0 bridgehead atoms. The van der Waals surface area contributed by atoms with Gasteiger partial charge in [-0.2, -0.15) is 5.10 Å². The zero-order valence-corrected chi connectivity index (χ0v) is 19.0. The highest BCUT2D eigenvalue weighted by Crippen LogP contribution is 2.30. The van der Waals surface area contributed by atoms with Gasteiger partial charge < -0.3 is 9.69 Å². The van der Waals surface area contributed by atoms with Crippen molar-refractivity contribution < 1.29 is 19.2 Å².